The van der Waals surface area contributed by atoms with Crippen LogP contribution in [0.5, 0.6) is 0 Å². The smallest absolute Gasteiger partial charge is 0.0468 e. The van der Waals surface area contributed by atoms with Gasteiger partial charge >= 0.3 is 0 Å². The van der Waals surface area contributed by atoms with Crippen molar-refractivity contribution in [2.75, 3.05) is 6.61 Å². The molecule has 0 amide bonds. The fourth-order valence-electron chi connectivity index (χ4n) is 0.989. The molecule has 0 atom stereocenters. The third-order valence-corrected chi connectivity index (χ3v) is 1.53. The molecule has 0 rings (SSSR count). The molecule has 64 valence electrons. The van der Waals surface area contributed by atoms with Crippen molar-refractivity contribution in [1.82, 2.24) is 0 Å². The average molecular weight is 154 g/mol. The highest BCUT2D eigenvalue weighted by Crippen LogP contribution is 2.08. The topological polar surface area (TPSA) is 20.2 Å². The van der Waals surface area contributed by atoms with Gasteiger partial charge in [0, 0.05) is 6.61 Å². The second-order valence-electron chi connectivity index (χ2n) is 2.57. The molecule has 0 fully saturated rings. The highest BCUT2D eigenvalue weighted by Gasteiger charge is 1.92. The zero-order valence-electron chi connectivity index (χ0n) is 7.51. The first-order valence-corrected chi connectivity index (χ1v) is 4.26. The third-order valence-electron chi connectivity index (χ3n) is 1.53. The van der Waals surface area contributed by atoms with Gasteiger partial charge in [-0.15, -0.1) is 0 Å². The van der Waals surface area contributed by atoms with Crippen LogP contribution in [0.25, 0.3) is 0 Å². The van der Waals surface area contributed by atoms with E-state index in [4.69, 9.17) is 5.11 Å². The molecule has 0 bridgehead atoms. The van der Waals surface area contributed by atoms with Crippen molar-refractivity contribution in [3.05, 3.63) is 23.8 Å². The van der Waals surface area contributed by atoms with Gasteiger partial charge < -0.3 is 5.11 Å². The Morgan fingerprint density at radius 3 is 2.55 bits per heavy atom. The Labute approximate surface area is 69.4 Å². The minimum absolute atomic E-state index is 0.267. The van der Waals surface area contributed by atoms with Gasteiger partial charge in [-0.25, -0.2) is 0 Å². The zero-order valence-corrected chi connectivity index (χ0v) is 7.51. The van der Waals surface area contributed by atoms with E-state index in [0.29, 0.717) is 0 Å². The normalized spacial score (nSPS) is 12.8. The minimum Gasteiger partial charge on any atom is -0.396 e. The number of aliphatic hydroxyl groups is 1. The Morgan fingerprint density at radius 2 is 2.09 bits per heavy atom. The number of hydrogen-bond acceptors (Lipinski definition) is 1. The maximum Gasteiger partial charge on any atom is 0.0468 e. The quantitative estimate of drug-likeness (QED) is 0.604. The first kappa shape index (κ1) is 10.4. The molecular formula is C10H18O. The Morgan fingerprint density at radius 1 is 1.36 bits per heavy atom. The summed E-state index contributed by atoms with van der Waals surface area (Å²) in [5.41, 5.74) is 1.34. The van der Waals surface area contributed by atoms with Gasteiger partial charge in [0.05, 0.1) is 0 Å². The van der Waals surface area contributed by atoms with Crippen molar-refractivity contribution in [3.63, 3.8) is 0 Å². The molecule has 0 aliphatic rings. The highest BCUT2D eigenvalue weighted by molar-refractivity contribution is 5.11. The largest absolute Gasteiger partial charge is 0.396 e. The fraction of sp³-hybridized carbons (Fsp3) is 0.600. The van der Waals surface area contributed by atoms with Gasteiger partial charge in [0.1, 0.15) is 0 Å². The molecule has 0 aromatic rings. The molecule has 11 heavy (non-hydrogen) atoms. The third kappa shape index (κ3) is 5.86. The molecule has 0 aromatic heterocycles. The van der Waals surface area contributed by atoms with Gasteiger partial charge in [-0.05, 0) is 19.8 Å². The lowest BCUT2D eigenvalue weighted by Crippen LogP contribution is -1.87. The summed E-state index contributed by atoms with van der Waals surface area (Å²) < 4.78 is 0. The summed E-state index contributed by atoms with van der Waals surface area (Å²) in [6.07, 6.45) is 9.21. The standard InChI is InChI=1S/C10H18O/c1-3-5-7-10(6-4-2)8-9-11/h3,5,7,11H,4,6,8-9H2,1-2H3/b5-3-,10-7+. The van der Waals surface area contributed by atoms with E-state index in [1.165, 1.54) is 5.57 Å². The second kappa shape index (κ2) is 7.55. The van der Waals surface area contributed by atoms with Crippen molar-refractivity contribution in [2.45, 2.75) is 33.1 Å². The van der Waals surface area contributed by atoms with E-state index in [0.717, 1.165) is 19.3 Å². The van der Waals surface area contributed by atoms with Crippen LogP contribution in [0, 0.1) is 0 Å². The van der Waals surface area contributed by atoms with Crippen LogP contribution in [-0.2, 0) is 0 Å². The zero-order chi connectivity index (χ0) is 8.53. The van der Waals surface area contributed by atoms with Gasteiger partial charge in [0.25, 0.3) is 0 Å². The van der Waals surface area contributed by atoms with E-state index >= 15 is 0 Å². The lowest BCUT2D eigenvalue weighted by molar-refractivity contribution is 0.298. The number of rotatable bonds is 5. The van der Waals surface area contributed by atoms with E-state index in [-0.39, 0.29) is 6.61 Å². The molecule has 0 aromatic carbocycles. The average Bonchev–Trinajstić information content (AvgIpc) is 2.01. The molecule has 1 nitrogen and oxygen atoms in total. The SMILES string of the molecule is C/C=C\C=C(/CCC)CCO. The summed E-state index contributed by atoms with van der Waals surface area (Å²) in [4.78, 5) is 0. The summed E-state index contributed by atoms with van der Waals surface area (Å²) in [6, 6.07) is 0. The van der Waals surface area contributed by atoms with E-state index in [1.807, 2.05) is 19.1 Å². The summed E-state index contributed by atoms with van der Waals surface area (Å²) >= 11 is 0. The summed E-state index contributed by atoms with van der Waals surface area (Å²) in [5.74, 6) is 0. The van der Waals surface area contributed by atoms with Crippen molar-refractivity contribution in [2.24, 2.45) is 0 Å². The molecule has 0 aliphatic carbocycles. The molecule has 0 spiro atoms. The number of aliphatic hydroxyl groups excluding tert-OH is 1. The van der Waals surface area contributed by atoms with E-state index in [1.54, 1.807) is 0 Å². The monoisotopic (exact) mass is 154 g/mol. The van der Waals surface area contributed by atoms with E-state index < -0.39 is 0 Å². The van der Waals surface area contributed by atoms with Crippen LogP contribution in [0.1, 0.15) is 33.1 Å². The van der Waals surface area contributed by atoms with Crippen LogP contribution < -0.4 is 0 Å². The minimum atomic E-state index is 0.267. The molecule has 0 saturated heterocycles. The van der Waals surface area contributed by atoms with Gasteiger partial charge in [-0.2, -0.15) is 0 Å². The molecule has 0 aliphatic heterocycles. The summed E-state index contributed by atoms with van der Waals surface area (Å²) in [5, 5.41) is 8.70. The van der Waals surface area contributed by atoms with E-state index in [2.05, 4.69) is 13.0 Å². The Balaban J connectivity index is 3.85. The van der Waals surface area contributed by atoms with Crippen molar-refractivity contribution in [3.8, 4) is 0 Å². The van der Waals surface area contributed by atoms with Gasteiger partial charge in [0.15, 0.2) is 0 Å². The molecule has 0 radical (unpaired) electrons. The summed E-state index contributed by atoms with van der Waals surface area (Å²) in [6.45, 7) is 4.42. The van der Waals surface area contributed by atoms with Crippen molar-refractivity contribution >= 4 is 0 Å². The molecule has 1 heteroatoms. The first-order valence-electron chi connectivity index (χ1n) is 4.26. The van der Waals surface area contributed by atoms with Crippen molar-refractivity contribution in [1.29, 1.82) is 0 Å². The van der Waals surface area contributed by atoms with Crippen LogP contribution in [0.3, 0.4) is 0 Å². The first-order chi connectivity index (χ1) is 5.35. The van der Waals surface area contributed by atoms with Gasteiger partial charge in [-0.1, -0.05) is 37.1 Å². The summed E-state index contributed by atoms with van der Waals surface area (Å²) in [7, 11) is 0. The van der Waals surface area contributed by atoms with Crippen LogP contribution in [-0.4, -0.2) is 11.7 Å². The molecule has 0 heterocycles. The molecule has 0 unspecified atom stereocenters. The predicted octanol–water partition coefficient (Wildman–Crippen LogP) is 2.67. The maximum atomic E-state index is 8.70. The van der Waals surface area contributed by atoms with Gasteiger partial charge in [0.2, 0.25) is 0 Å². The van der Waals surface area contributed by atoms with Crippen LogP contribution in [0.4, 0.5) is 0 Å². The lowest BCUT2D eigenvalue weighted by Gasteiger charge is -2.00. The molecular weight excluding hydrogens is 136 g/mol. The second-order valence-corrected chi connectivity index (χ2v) is 2.57. The van der Waals surface area contributed by atoms with Crippen LogP contribution >= 0.6 is 0 Å². The Kier molecular flexibility index (Phi) is 7.16. The Hall–Kier alpha value is -0.560. The molecule has 1 N–H and O–H groups in total. The number of allylic oxidation sites excluding steroid dienone is 3. The maximum absolute atomic E-state index is 8.70. The predicted molar refractivity (Wildman–Crippen MR) is 49.5 cm³/mol. The van der Waals surface area contributed by atoms with Gasteiger partial charge in [-0.3, -0.25) is 0 Å². The van der Waals surface area contributed by atoms with Crippen LogP contribution in [0.2, 0.25) is 0 Å². The van der Waals surface area contributed by atoms with Crippen molar-refractivity contribution < 1.29 is 5.11 Å². The highest BCUT2D eigenvalue weighted by atomic mass is 16.2. The fourth-order valence-corrected chi connectivity index (χ4v) is 0.989. The van der Waals surface area contributed by atoms with Crippen LogP contribution in [0.15, 0.2) is 23.8 Å². The molecule has 0 saturated carbocycles. The Bertz CT molecular complexity index is 126. The lowest BCUT2D eigenvalue weighted by atomic mass is 10.1. The number of hydrogen-bond donors (Lipinski definition) is 1. The van der Waals surface area contributed by atoms with E-state index in [9.17, 15) is 0 Å².